The number of hydrogen-bond acceptors (Lipinski definition) is 5. The van der Waals surface area contributed by atoms with Crippen molar-refractivity contribution in [3.63, 3.8) is 0 Å². The van der Waals surface area contributed by atoms with Crippen LogP contribution < -0.4 is 0 Å². The van der Waals surface area contributed by atoms with E-state index >= 15 is 0 Å². The van der Waals surface area contributed by atoms with E-state index in [1.165, 1.54) is 12.3 Å². The van der Waals surface area contributed by atoms with Crippen LogP contribution in [0.2, 0.25) is 0 Å². The van der Waals surface area contributed by atoms with Crippen molar-refractivity contribution >= 4 is 27.4 Å². The molecule has 0 atom stereocenters. The van der Waals surface area contributed by atoms with Crippen molar-refractivity contribution in [1.82, 2.24) is 19.5 Å². The average molecular weight is 471 g/mol. The Morgan fingerprint density at radius 1 is 1.21 bits per heavy atom. The number of nitrogens with zero attached hydrogens (tertiary/aromatic N) is 4. The van der Waals surface area contributed by atoms with Gasteiger partial charge in [0.05, 0.1) is 17.3 Å². The van der Waals surface area contributed by atoms with Crippen LogP contribution >= 0.6 is 15.9 Å². The molecule has 1 aliphatic heterocycles. The molecule has 0 aliphatic carbocycles. The summed E-state index contributed by atoms with van der Waals surface area (Å²) in [6, 6.07) is 3.96. The van der Waals surface area contributed by atoms with Crippen LogP contribution in [0, 0.1) is 0 Å². The molecule has 1 aliphatic rings. The molecule has 3 aromatic rings. The number of likely N-dealkylation sites (tertiary alicyclic amines) is 1. The molecule has 0 saturated carbocycles. The summed E-state index contributed by atoms with van der Waals surface area (Å²) in [6.45, 7) is 1.71. The molecule has 0 spiro atoms. The first-order valence-corrected chi connectivity index (χ1v) is 10.1. The Labute approximate surface area is 172 Å². The largest absolute Gasteiger partial charge is 0.463 e. The lowest BCUT2D eigenvalue weighted by Crippen LogP contribution is -2.31. The molecule has 4 heterocycles. The summed E-state index contributed by atoms with van der Waals surface area (Å²) >= 11 is 3.25. The van der Waals surface area contributed by atoms with Crippen molar-refractivity contribution in [2.24, 2.45) is 0 Å². The highest BCUT2D eigenvalue weighted by molar-refractivity contribution is 9.10. The van der Waals surface area contributed by atoms with Gasteiger partial charge in [-0.1, -0.05) is 12.8 Å². The lowest BCUT2D eigenvalue weighted by atomic mass is 10.2. The van der Waals surface area contributed by atoms with Gasteiger partial charge in [0, 0.05) is 0 Å². The van der Waals surface area contributed by atoms with E-state index in [4.69, 9.17) is 4.42 Å². The van der Waals surface area contributed by atoms with Gasteiger partial charge in [-0.05, 0) is 60.1 Å². The highest BCUT2D eigenvalue weighted by Gasteiger charge is 2.37. The van der Waals surface area contributed by atoms with Crippen molar-refractivity contribution in [1.29, 1.82) is 0 Å². The normalized spacial score (nSPS) is 16.3. The molecular formula is C19H18BrF3N4O2. The molecule has 1 fully saturated rings. The van der Waals surface area contributed by atoms with E-state index in [0.29, 0.717) is 4.52 Å². The van der Waals surface area contributed by atoms with Gasteiger partial charge >= 0.3 is 6.18 Å². The maximum Gasteiger partial charge on any atom is 0.433 e. The predicted octanol–water partition coefficient (Wildman–Crippen LogP) is 4.83. The Balaban J connectivity index is 1.76. The molecule has 3 aromatic heterocycles. The Bertz CT molecular complexity index is 1020. The number of hydrogen-bond donors (Lipinski definition) is 0. The first kappa shape index (κ1) is 20.1. The van der Waals surface area contributed by atoms with E-state index in [1.54, 1.807) is 6.07 Å². The van der Waals surface area contributed by atoms with Gasteiger partial charge in [-0.25, -0.2) is 9.50 Å². The van der Waals surface area contributed by atoms with Gasteiger partial charge in [-0.2, -0.15) is 18.3 Å². The zero-order valence-corrected chi connectivity index (χ0v) is 17.0. The second kappa shape index (κ2) is 7.91. The first-order chi connectivity index (χ1) is 13.8. The fourth-order valence-corrected chi connectivity index (χ4v) is 4.05. The summed E-state index contributed by atoms with van der Waals surface area (Å²) < 4.78 is 47.0. The molecule has 0 radical (unpaired) electrons. The minimum absolute atomic E-state index is 0.0157. The number of rotatable bonds is 4. The van der Waals surface area contributed by atoms with Crippen LogP contribution in [0.15, 0.2) is 33.4 Å². The van der Waals surface area contributed by atoms with Crippen LogP contribution in [0.1, 0.15) is 41.9 Å². The molecule has 6 nitrogen and oxygen atoms in total. The molecule has 0 N–H and O–H groups in total. The third kappa shape index (κ3) is 4.09. The summed E-state index contributed by atoms with van der Waals surface area (Å²) in [5, 5.41) is 3.97. The molecule has 0 amide bonds. The highest BCUT2D eigenvalue weighted by Crippen LogP contribution is 2.34. The van der Waals surface area contributed by atoms with Gasteiger partial charge in [0.25, 0.3) is 0 Å². The van der Waals surface area contributed by atoms with Crippen LogP contribution in [0.5, 0.6) is 0 Å². The number of carbonyl (C=O) groups excluding carboxylic acids is 1. The predicted molar refractivity (Wildman–Crippen MR) is 103 cm³/mol. The van der Waals surface area contributed by atoms with Gasteiger partial charge in [-0.15, -0.1) is 0 Å². The van der Waals surface area contributed by atoms with Crippen LogP contribution in [-0.2, 0) is 6.18 Å². The molecule has 4 rings (SSSR count). The second-order valence-corrected chi connectivity index (χ2v) is 7.81. The quantitative estimate of drug-likeness (QED) is 0.511. The molecule has 1 saturated heterocycles. The van der Waals surface area contributed by atoms with E-state index in [1.807, 2.05) is 4.90 Å². The number of halogens is 4. The number of furan rings is 1. The summed E-state index contributed by atoms with van der Waals surface area (Å²) in [5.74, 6) is -0.138. The van der Waals surface area contributed by atoms with E-state index < -0.39 is 11.9 Å². The van der Waals surface area contributed by atoms with Crippen LogP contribution in [-0.4, -0.2) is 44.9 Å². The van der Waals surface area contributed by atoms with Gasteiger partial charge < -0.3 is 4.42 Å². The molecular weight excluding hydrogens is 453 g/mol. The third-order valence-corrected chi connectivity index (χ3v) is 5.66. The van der Waals surface area contributed by atoms with Gasteiger partial charge in [0.2, 0.25) is 0 Å². The van der Waals surface area contributed by atoms with Crippen molar-refractivity contribution in [3.05, 3.63) is 40.3 Å². The number of carbonyl (C=O) groups is 1. The van der Waals surface area contributed by atoms with Crippen molar-refractivity contribution in [3.8, 4) is 11.5 Å². The smallest absolute Gasteiger partial charge is 0.433 e. The van der Waals surface area contributed by atoms with E-state index in [2.05, 4.69) is 26.0 Å². The molecule has 10 heteroatoms. The lowest BCUT2D eigenvalue weighted by Gasteiger charge is -2.17. The fourth-order valence-electron chi connectivity index (χ4n) is 3.49. The molecule has 0 aromatic carbocycles. The third-order valence-electron chi connectivity index (χ3n) is 4.93. The van der Waals surface area contributed by atoms with E-state index in [-0.39, 0.29) is 39.6 Å². The van der Waals surface area contributed by atoms with Crippen molar-refractivity contribution < 1.29 is 22.4 Å². The Hall–Kier alpha value is -2.20. The summed E-state index contributed by atoms with van der Waals surface area (Å²) in [7, 11) is 0. The SMILES string of the molecule is O=C(CN1CCCCCC1)c1nn2c(C(F)(F)F)cc(-c3ccco3)nc2c1Br. The highest BCUT2D eigenvalue weighted by atomic mass is 79.9. The standard InChI is InChI=1S/C19H18BrF3N4O2/c20-16-17(13(28)11-26-7-3-1-2-4-8-26)25-27-15(19(21,22)23)10-12(24-18(16)27)14-6-5-9-29-14/h5-6,9-10H,1-4,7-8,11H2. The zero-order valence-electron chi connectivity index (χ0n) is 15.4. The number of Topliss-reactive ketones (excluding diaryl/α,β-unsaturated/α-hetero) is 1. The van der Waals surface area contributed by atoms with Gasteiger partial charge in [0.1, 0.15) is 11.4 Å². The monoisotopic (exact) mass is 470 g/mol. The molecule has 154 valence electrons. The molecule has 0 unspecified atom stereocenters. The fraction of sp³-hybridized carbons (Fsp3) is 0.421. The van der Waals surface area contributed by atoms with Crippen LogP contribution in [0.3, 0.4) is 0 Å². The second-order valence-electron chi connectivity index (χ2n) is 7.01. The summed E-state index contributed by atoms with van der Waals surface area (Å²) in [5.41, 5.74) is -1.14. The Kier molecular flexibility index (Phi) is 5.48. The van der Waals surface area contributed by atoms with Crippen molar-refractivity contribution in [2.75, 3.05) is 19.6 Å². The topological polar surface area (TPSA) is 63.6 Å². The molecule has 29 heavy (non-hydrogen) atoms. The Morgan fingerprint density at radius 3 is 2.55 bits per heavy atom. The van der Waals surface area contributed by atoms with Crippen LogP contribution in [0.25, 0.3) is 17.1 Å². The minimum Gasteiger partial charge on any atom is -0.463 e. The maximum absolute atomic E-state index is 13.7. The number of fused-ring (bicyclic) bond motifs is 1. The minimum atomic E-state index is -4.68. The summed E-state index contributed by atoms with van der Waals surface area (Å²) in [4.78, 5) is 19.1. The first-order valence-electron chi connectivity index (χ1n) is 9.30. The summed E-state index contributed by atoms with van der Waals surface area (Å²) in [6.07, 6.45) is 0.932. The van der Waals surface area contributed by atoms with Gasteiger partial charge in [-0.3, -0.25) is 9.69 Å². The van der Waals surface area contributed by atoms with Crippen LogP contribution in [0.4, 0.5) is 13.2 Å². The van der Waals surface area contributed by atoms with Crippen molar-refractivity contribution in [2.45, 2.75) is 31.9 Å². The number of aromatic nitrogens is 3. The number of alkyl halides is 3. The Morgan fingerprint density at radius 2 is 1.93 bits per heavy atom. The van der Waals surface area contributed by atoms with E-state index in [9.17, 15) is 18.0 Å². The molecule has 0 bridgehead atoms. The lowest BCUT2D eigenvalue weighted by molar-refractivity contribution is -0.142. The van der Waals surface area contributed by atoms with E-state index in [0.717, 1.165) is 44.8 Å². The maximum atomic E-state index is 13.7. The zero-order chi connectivity index (χ0) is 20.6. The average Bonchev–Trinajstić information content (AvgIpc) is 3.24. The van der Waals surface area contributed by atoms with Gasteiger partial charge in [0.15, 0.2) is 22.9 Å². The number of ketones is 1.